The van der Waals surface area contributed by atoms with Crippen LogP contribution in [-0.4, -0.2) is 29.0 Å². The van der Waals surface area contributed by atoms with Crippen molar-refractivity contribution in [2.45, 2.75) is 19.4 Å². The number of rotatable bonds is 4. The van der Waals surface area contributed by atoms with Gasteiger partial charge < -0.3 is 10.2 Å². The second-order valence-electron chi connectivity index (χ2n) is 5.27. The fourth-order valence-corrected chi connectivity index (χ4v) is 3.65. The van der Waals surface area contributed by atoms with E-state index in [1.54, 1.807) is 18.6 Å². The van der Waals surface area contributed by atoms with E-state index in [0.717, 1.165) is 34.4 Å². The molecule has 0 aromatic carbocycles. The molecular formula is C15H17ClN4OS. The zero-order valence-corrected chi connectivity index (χ0v) is 13.6. The van der Waals surface area contributed by atoms with Gasteiger partial charge in [0.15, 0.2) is 0 Å². The summed E-state index contributed by atoms with van der Waals surface area (Å²) in [4.78, 5) is 24.0. The number of anilines is 1. The van der Waals surface area contributed by atoms with Crippen LogP contribution in [0.2, 0.25) is 4.34 Å². The lowest BCUT2D eigenvalue weighted by Gasteiger charge is -2.32. The molecule has 0 bridgehead atoms. The van der Waals surface area contributed by atoms with Crippen molar-refractivity contribution in [1.82, 2.24) is 15.3 Å². The van der Waals surface area contributed by atoms with E-state index in [0.29, 0.717) is 13.1 Å². The topological polar surface area (TPSA) is 58.1 Å². The maximum atomic E-state index is 12.4. The first-order valence-corrected chi connectivity index (χ1v) is 8.45. The van der Waals surface area contributed by atoms with Gasteiger partial charge in [-0.05, 0) is 25.0 Å². The molecule has 0 saturated carbocycles. The number of nitrogens with zero attached hydrogens (tertiary/aromatic N) is 3. The summed E-state index contributed by atoms with van der Waals surface area (Å²) < 4.78 is 0.746. The molecular weight excluding hydrogens is 320 g/mol. The molecule has 1 N–H and O–H groups in total. The number of thiophene rings is 1. The highest BCUT2D eigenvalue weighted by Gasteiger charge is 2.26. The SMILES string of the molecule is O=C(NCc1ccc(Cl)s1)C1CCCN(c2cnccn2)C1. The highest BCUT2D eigenvalue weighted by atomic mass is 35.5. The standard InChI is InChI=1S/C15H17ClN4OS/c16-13-4-3-12(22-13)8-19-15(21)11-2-1-7-20(10-11)14-9-17-5-6-18-14/h3-6,9,11H,1-2,7-8,10H2,(H,19,21). The molecule has 7 heteroatoms. The van der Waals surface area contributed by atoms with Crippen molar-refractivity contribution >= 4 is 34.7 Å². The molecule has 1 amide bonds. The van der Waals surface area contributed by atoms with Gasteiger partial charge in [0, 0.05) is 30.4 Å². The van der Waals surface area contributed by atoms with E-state index in [1.807, 2.05) is 12.1 Å². The number of piperidine rings is 1. The minimum Gasteiger partial charge on any atom is -0.355 e. The average molecular weight is 337 g/mol. The molecule has 2 aromatic rings. The maximum absolute atomic E-state index is 12.4. The number of aromatic nitrogens is 2. The summed E-state index contributed by atoms with van der Waals surface area (Å²) in [7, 11) is 0. The Morgan fingerprint density at radius 1 is 1.45 bits per heavy atom. The lowest BCUT2D eigenvalue weighted by molar-refractivity contribution is -0.125. The number of halogens is 1. The highest BCUT2D eigenvalue weighted by Crippen LogP contribution is 2.23. The van der Waals surface area contributed by atoms with Gasteiger partial charge in [0.1, 0.15) is 5.82 Å². The first-order valence-electron chi connectivity index (χ1n) is 7.25. The normalized spacial score (nSPS) is 18.2. The van der Waals surface area contributed by atoms with Crippen molar-refractivity contribution < 1.29 is 4.79 Å². The molecule has 0 spiro atoms. The number of amides is 1. The van der Waals surface area contributed by atoms with Gasteiger partial charge in [0.05, 0.1) is 23.0 Å². The van der Waals surface area contributed by atoms with Crippen molar-refractivity contribution in [2.75, 3.05) is 18.0 Å². The van der Waals surface area contributed by atoms with E-state index >= 15 is 0 Å². The monoisotopic (exact) mass is 336 g/mol. The van der Waals surface area contributed by atoms with Crippen LogP contribution in [0.4, 0.5) is 5.82 Å². The smallest absolute Gasteiger partial charge is 0.225 e. The predicted molar refractivity (Wildman–Crippen MR) is 88.1 cm³/mol. The van der Waals surface area contributed by atoms with Crippen LogP contribution in [0.1, 0.15) is 17.7 Å². The molecule has 1 saturated heterocycles. The van der Waals surface area contributed by atoms with Crippen LogP contribution >= 0.6 is 22.9 Å². The summed E-state index contributed by atoms with van der Waals surface area (Å²) in [5.41, 5.74) is 0. The second kappa shape index (κ2) is 7.07. The van der Waals surface area contributed by atoms with Gasteiger partial charge in [-0.2, -0.15) is 0 Å². The second-order valence-corrected chi connectivity index (χ2v) is 7.07. The average Bonchev–Trinajstić information content (AvgIpc) is 2.99. The van der Waals surface area contributed by atoms with Gasteiger partial charge in [-0.15, -0.1) is 11.3 Å². The van der Waals surface area contributed by atoms with E-state index in [4.69, 9.17) is 11.6 Å². The first-order chi connectivity index (χ1) is 10.7. The Bertz CT molecular complexity index is 633. The summed E-state index contributed by atoms with van der Waals surface area (Å²) in [5, 5.41) is 3.00. The fraction of sp³-hybridized carbons (Fsp3) is 0.400. The zero-order valence-electron chi connectivity index (χ0n) is 12.0. The van der Waals surface area contributed by atoms with E-state index in [-0.39, 0.29) is 11.8 Å². The largest absolute Gasteiger partial charge is 0.355 e. The van der Waals surface area contributed by atoms with Crippen molar-refractivity contribution in [3.8, 4) is 0 Å². The summed E-state index contributed by atoms with van der Waals surface area (Å²) in [6, 6.07) is 3.80. The Morgan fingerprint density at radius 3 is 3.09 bits per heavy atom. The van der Waals surface area contributed by atoms with Gasteiger partial charge >= 0.3 is 0 Å². The molecule has 5 nitrogen and oxygen atoms in total. The van der Waals surface area contributed by atoms with Crippen LogP contribution in [0, 0.1) is 5.92 Å². The Balaban J connectivity index is 1.56. The molecule has 116 valence electrons. The van der Waals surface area contributed by atoms with E-state index in [2.05, 4.69) is 20.2 Å². The molecule has 22 heavy (non-hydrogen) atoms. The molecule has 3 rings (SSSR count). The summed E-state index contributed by atoms with van der Waals surface area (Å²) >= 11 is 7.39. The molecule has 1 aliphatic heterocycles. The van der Waals surface area contributed by atoms with Crippen LogP contribution in [0.5, 0.6) is 0 Å². The quantitative estimate of drug-likeness (QED) is 0.932. The Morgan fingerprint density at radius 2 is 2.36 bits per heavy atom. The Labute approximate surface area is 138 Å². The maximum Gasteiger partial charge on any atom is 0.225 e. The predicted octanol–water partition coefficient (Wildman–Crippen LogP) is 2.72. The Kier molecular flexibility index (Phi) is 4.90. The molecule has 2 aromatic heterocycles. The first kappa shape index (κ1) is 15.2. The van der Waals surface area contributed by atoms with E-state index in [1.165, 1.54) is 11.3 Å². The molecule has 3 heterocycles. The molecule has 0 aliphatic carbocycles. The van der Waals surface area contributed by atoms with Crippen LogP contribution in [0.3, 0.4) is 0 Å². The summed E-state index contributed by atoms with van der Waals surface area (Å²) in [6.45, 7) is 2.15. The van der Waals surface area contributed by atoms with Crippen molar-refractivity contribution in [1.29, 1.82) is 0 Å². The third kappa shape index (κ3) is 3.75. The number of hydrogen-bond donors (Lipinski definition) is 1. The van der Waals surface area contributed by atoms with Crippen molar-refractivity contribution in [3.05, 3.63) is 39.9 Å². The van der Waals surface area contributed by atoms with Crippen molar-refractivity contribution in [3.63, 3.8) is 0 Å². The van der Waals surface area contributed by atoms with Gasteiger partial charge in [0.25, 0.3) is 0 Å². The molecule has 1 unspecified atom stereocenters. The summed E-state index contributed by atoms with van der Waals surface area (Å²) in [6.07, 6.45) is 6.98. The zero-order chi connectivity index (χ0) is 15.4. The number of carbonyl (C=O) groups is 1. The minimum absolute atomic E-state index is 0.00816. The van der Waals surface area contributed by atoms with E-state index < -0.39 is 0 Å². The third-order valence-corrected chi connectivity index (χ3v) is 4.96. The van der Waals surface area contributed by atoms with Crippen molar-refractivity contribution in [2.24, 2.45) is 5.92 Å². The highest BCUT2D eigenvalue weighted by molar-refractivity contribution is 7.16. The van der Waals surface area contributed by atoms with Crippen LogP contribution in [0.25, 0.3) is 0 Å². The van der Waals surface area contributed by atoms with Gasteiger partial charge in [-0.3, -0.25) is 9.78 Å². The lowest BCUT2D eigenvalue weighted by Crippen LogP contribution is -2.43. The summed E-state index contributed by atoms with van der Waals surface area (Å²) in [5.74, 6) is 0.925. The number of hydrogen-bond acceptors (Lipinski definition) is 5. The van der Waals surface area contributed by atoms with E-state index in [9.17, 15) is 4.79 Å². The third-order valence-electron chi connectivity index (χ3n) is 3.73. The van der Waals surface area contributed by atoms with Crippen LogP contribution < -0.4 is 10.2 Å². The Hall–Kier alpha value is -1.66. The van der Waals surface area contributed by atoms with Gasteiger partial charge in [-0.1, -0.05) is 11.6 Å². The van der Waals surface area contributed by atoms with Gasteiger partial charge in [0.2, 0.25) is 5.91 Å². The minimum atomic E-state index is -0.00816. The number of carbonyl (C=O) groups excluding carboxylic acids is 1. The van der Waals surface area contributed by atoms with Crippen LogP contribution in [0.15, 0.2) is 30.7 Å². The van der Waals surface area contributed by atoms with Crippen LogP contribution in [-0.2, 0) is 11.3 Å². The number of nitrogens with one attached hydrogen (secondary N) is 1. The molecule has 1 fully saturated rings. The molecule has 0 radical (unpaired) electrons. The molecule has 1 aliphatic rings. The van der Waals surface area contributed by atoms with Gasteiger partial charge in [-0.25, -0.2) is 4.98 Å². The lowest BCUT2D eigenvalue weighted by atomic mass is 9.97. The molecule has 1 atom stereocenters. The fourth-order valence-electron chi connectivity index (χ4n) is 2.62.